The fraction of sp³-hybridized carbons (Fsp3) is 0.579. The van der Waals surface area contributed by atoms with Crippen LogP contribution in [-0.2, 0) is 15.1 Å². The molecule has 10 heteroatoms. The number of amidine groups is 1. The third kappa shape index (κ3) is 7.41. The monoisotopic (exact) mass is 668 g/mol. The van der Waals surface area contributed by atoms with Crippen LogP contribution in [-0.4, -0.2) is 80.7 Å². The number of halogens is 4. The van der Waals surface area contributed by atoms with Crippen molar-refractivity contribution in [1.29, 1.82) is 0 Å². The largest absolute Gasteiger partial charge is 0.412 e. The number of likely N-dealkylation sites (tertiary alicyclic amines) is 1. The van der Waals surface area contributed by atoms with E-state index in [2.05, 4.69) is 23.2 Å². The Morgan fingerprint density at radius 3 is 2.42 bits per heavy atom. The first-order valence-electron chi connectivity index (χ1n) is 17.6. The Morgan fingerprint density at radius 1 is 1.00 bits per heavy atom. The molecule has 2 aliphatic heterocycles. The van der Waals surface area contributed by atoms with Crippen molar-refractivity contribution in [3.63, 3.8) is 0 Å². The number of methoxy groups -OCH3 is 1. The lowest BCUT2D eigenvalue weighted by molar-refractivity contribution is -0.130. The number of carbonyl (C=O) groups excluding carboxylic acids is 1. The summed E-state index contributed by atoms with van der Waals surface area (Å²) in [6.07, 6.45) is 9.96. The van der Waals surface area contributed by atoms with Gasteiger partial charge < -0.3 is 15.0 Å². The first-order valence-corrected chi connectivity index (χ1v) is 17.6. The summed E-state index contributed by atoms with van der Waals surface area (Å²) in [4.78, 5) is 24.1. The van der Waals surface area contributed by atoms with Gasteiger partial charge in [-0.25, -0.2) is 9.38 Å². The van der Waals surface area contributed by atoms with E-state index in [1.165, 1.54) is 29.4 Å². The summed E-state index contributed by atoms with van der Waals surface area (Å²) < 4.78 is 59.3. The second-order valence-electron chi connectivity index (χ2n) is 14.0. The van der Waals surface area contributed by atoms with Crippen molar-refractivity contribution in [2.24, 2.45) is 22.7 Å². The highest BCUT2D eigenvalue weighted by Gasteiger charge is 2.54. The molecule has 0 aromatic heterocycles. The lowest BCUT2D eigenvalue weighted by atomic mass is 9.78. The van der Waals surface area contributed by atoms with Crippen LogP contribution in [0.4, 0.5) is 17.6 Å². The molecule has 1 N–H and O–H groups in total. The van der Waals surface area contributed by atoms with Gasteiger partial charge in [-0.3, -0.25) is 9.69 Å². The van der Waals surface area contributed by atoms with E-state index >= 15 is 0 Å². The van der Waals surface area contributed by atoms with Gasteiger partial charge in [-0.05, 0) is 119 Å². The molecule has 5 aliphatic rings. The third-order valence-corrected chi connectivity index (χ3v) is 10.8. The summed E-state index contributed by atoms with van der Waals surface area (Å²) in [5.41, 5.74) is 2.53. The highest BCUT2D eigenvalue weighted by atomic mass is 19.4. The van der Waals surface area contributed by atoms with E-state index < -0.39 is 11.7 Å². The van der Waals surface area contributed by atoms with E-state index in [1.807, 2.05) is 11.0 Å². The standard InChI is InChI=1S/C38H48F4N4O2/c1-26-8-10-28(11-9-26)37(29-12-14-30(39)15-13-29)36(47)46(35(44-37)25-43-18-23-48-2)22-5-21-45-19-3-6-27(7-4-20-45)31-16-17-34(38(40,41)42)33-24-32(31)33/h8,10,12-17,27,32-33,43H,3-7,9,11,18-25H2,1-2H3. The molecule has 1 saturated carbocycles. The zero-order valence-electron chi connectivity index (χ0n) is 28.1. The van der Waals surface area contributed by atoms with Gasteiger partial charge in [-0.1, -0.05) is 47.6 Å². The smallest absolute Gasteiger partial charge is 0.383 e. The molecular formula is C38H48F4N4O2. The summed E-state index contributed by atoms with van der Waals surface area (Å²) >= 11 is 0. The number of aliphatic imine (C=N–C) groups is 1. The Hall–Kier alpha value is -3.08. The molecule has 1 aromatic rings. The summed E-state index contributed by atoms with van der Waals surface area (Å²) in [5, 5.41) is 3.37. The number of hydrogen-bond acceptors (Lipinski definition) is 5. The van der Waals surface area contributed by atoms with Crippen molar-refractivity contribution in [3.05, 3.63) is 82.2 Å². The molecule has 48 heavy (non-hydrogen) atoms. The average Bonchev–Trinajstić information content (AvgIpc) is 3.80. The Bertz CT molecular complexity index is 1480. The number of carbonyl (C=O) groups is 1. The minimum atomic E-state index is -4.22. The average molecular weight is 669 g/mol. The van der Waals surface area contributed by atoms with Crippen LogP contribution in [0.25, 0.3) is 0 Å². The number of hydrogen-bond donors (Lipinski definition) is 1. The Balaban J connectivity index is 1.11. The van der Waals surface area contributed by atoms with E-state index in [1.54, 1.807) is 25.3 Å². The number of amides is 1. The normalized spacial score (nSPS) is 27.0. The molecule has 3 aliphatic carbocycles. The van der Waals surface area contributed by atoms with Gasteiger partial charge in [0, 0.05) is 25.8 Å². The molecule has 0 bridgehead atoms. The van der Waals surface area contributed by atoms with Crippen molar-refractivity contribution in [2.75, 3.05) is 53.0 Å². The summed E-state index contributed by atoms with van der Waals surface area (Å²) in [7, 11) is 1.65. The first kappa shape index (κ1) is 34.8. The second kappa shape index (κ2) is 14.8. The minimum Gasteiger partial charge on any atom is -0.383 e. The second-order valence-corrected chi connectivity index (χ2v) is 14.0. The van der Waals surface area contributed by atoms with E-state index in [-0.39, 0.29) is 29.1 Å². The molecule has 2 heterocycles. The maximum atomic E-state index is 14.6. The van der Waals surface area contributed by atoms with Gasteiger partial charge in [0.25, 0.3) is 5.91 Å². The fourth-order valence-electron chi connectivity index (χ4n) is 8.14. The van der Waals surface area contributed by atoms with Crippen LogP contribution >= 0.6 is 0 Å². The van der Waals surface area contributed by atoms with Gasteiger partial charge >= 0.3 is 6.18 Å². The Labute approximate surface area is 281 Å². The quantitative estimate of drug-likeness (QED) is 0.191. The molecule has 0 radical (unpaired) electrons. The number of nitrogens with one attached hydrogen (secondary N) is 1. The summed E-state index contributed by atoms with van der Waals surface area (Å²) in [6.45, 7) is 6.91. The number of nitrogens with zero attached hydrogens (tertiary/aromatic N) is 3. The van der Waals surface area contributed by atoms with Crippen LogP contribution in [0, 0.1) is 23.6 Å². The molecule has 1 amide bonds. The zero-order valence-corrected chi connectivity index (χ0v) is 28.1. The van der Waals surface area contributed by atoms with Crippen molar-refractivity contribution < 1.29 is 27.1 Å². The molecule has 3 unspecified atom stereocenters. The van der Waals surface area contributed by atoms with Gasteiger partial charge in [-0.15, -0.1) is 0 Å². The molecule has 3 atom stereocenters. The summed E-state index contributed by atoms with van der Waals surface area (Å²) in [5.74, 6) is 0.359. The third-order valence-electron chi connectivity index (χ3n) is 10.8. The predicted octanol–water partition coefficient (Wildman–Crippen LogP) is 7.11. The van der Waals surface area contributed by atoms with Crippen LogP contribution < -0.4 is 5.32 Å². The molecule has 260 valence electrons. The number of alkyl halides is 3. The van der Waals surface area contributed by atoms with Gasteiger partial charge in [0.05, 0.1) is 13.2 Å². The molecule has 1 aromatic carbocycles. The SMILES string of the molecule is COCCNCC1=NC(C2=CC=C(C)CC2)(c2ccc(F)cc2)C(=O)N1CCCN1CCCC(C2=CC=C(C(F)(F)F)C3CC23)CCC1. The molecule has 2 fully saturated rings. The lowest BCUT2D eigenvalue weighted by Crippen LogP contribution is -2.45. The van der Waals surface area contributed by atoms with Gasteiger partial charge in [0.15, 0.2) is 5.54 Å². The topological polar surface area (TPSA) is 57.2 Å². The van der Waals surface area contributed by atoms with Crippen LogP contribution in [0.2, 0.25) is 0 Å². The van der Waals surface area contributed by atoms with E-state index in [0.29, 0.717) is 56.4 Å². The highest BCUT2D eigenvalue weighted by molar-refractivity contribution is 6.11. The Kier molecular flexibility index (Phi) is 10.7. The van der Waals surface area contributed by atoms with Crippen molar-refractivity contribution in [3.8, 4) is 0 Å². The van der Waals surface area contributed by atoms with Crippen molar-refractivity contribution in [2.45, 2.75) is 70.0 Å². The molecule has 1 saturated heterocycles. The van der Waals surface area contributed by atoms with Crippen molar-refractivity contribution >= 4 is 11.7 Å². The van der Waals surface area contributed by atoms with Crippen molar-refractivity contribution in [1.82, 2.24) is 15.1 Å². The fourth-order valence-corrected chi connectivity index (χ4v) is 8.14. The van der Waals surface area contributed by atoms with Crippen LogP contribution in [0.1, 0.15) is 63.9 Å². The number of fused-ring (bicyclic) bond motifs is 1. The Morgan fingerprint density at radius 2 is 1.75 bits per heavy atom. The molecule has 6 nitrogen and oxygen atoms in total. The van der Waals surface area contributed by atoms with Crippen LogP contribution in [0.3, 0.4) is 0 Å². The van der Waals surface area contributed by atoms with Crippen LogP contribution in [0.5, 0.6) is 0 Å². The zero-order chi connectivity index (χ0) is 33.9. The first-order chi connectivity index (χ1) is 23.1. The minimum absolute atomic E-state index is 0.0800. The number of benzene rings is 1. The maximum Gasteiger partial charge on any atom is 0.412 e. The van der Waals surface area contributed by atoms with E-state index in [9.17, 15) is 22.4 Å². The molecular weight excluding hydrogens is 620 g/mol. The van der Waals surface area contributed by atoms with E-state index in [0.717, 1.165) is 63.7 Å². The van der Waals surface area contributed by atoms with E-state index in [4.69, 9.17) is 9.73 Å². The number of allylic oxidation sites excluding steroid dienone is 7. The molecule has 0 spiro atoms. The number of rotatable bonds is 12. The molecule has 6 rings (SSSR count). The highest BCUT2D eigenvalue weighted by Crippen LogP contribution is 2.57. The van der Waals surface area contributed by atoms with Gasteiger partial charge in [0.1, 0.15) is 11.7 Å². The van der Waals surface area contributed by atoms with Gasteiger partial charge in [-0.2, -0.15) is 13.2 Å². The maximum absolute atomic E-state index is 14.6. The predicted molar refractivity (Wildman–Crippen MR) is 180 cm³/mol. The number of ether oxygens (including phenoxy) is 1. The van der Waals surface area contributed by atoms with Gasteiger partial charge in [0.2, 0.25) is 0 Å². The summed E-state index contributed by atoms with van der Waals surface area (Å²) in [6, 6.07) is 6.18. The lowest BCUT2D eigenvalue weighted by Gasteiger charge is -2.32. The van der Waals surface area contributed by atoms with Crippen LogP contribution in [0.15, 0.2) is 75.9 Å².